The van der Waals surface area contributed by atoms with Crippen LogP contribution in [0.2, 0.25) is 0 Å². The van der Waals surface area contributed by atoms with E-state index in [1.54, 1.807) is 0 Å². The Kier molecular flexibility index (Phi) is 4.99. The molecular weight excluding hydrogens is 238 g/mol. The number of halogens is 5. The fraction of sp³-hybridized carbons (Fsp3) is 0.250. The summed E-state index contributed by atoms with van der Waals surface area (Å²) in [5.74, 6) is 3.87. The van der Waals surface area contributed by atoms with E-state index in [-0.39, 0.29) is 18.0 Å². The normalized spacial score (nSPS) is 11.0. The maximum Gasteiger partial charge on any atom is 0.416 e. The zero-order chi connectivity index (χ0) is 10.8. The van der Waals surface area contributed by atoms with Crippen molar-refractivity contribution in [2.24, 2.45) is 5.90 Å². The van der Waals surface area contributed by atoms with Crippen molar-refractivity contribution in [3.8, 4) is 0 Å². The molecule has 0 heterocycles. The van der Waals surface area contributed by atoms with Crippen molar-refractivity contribution < 1.29 is 22.4 Å². The van der Waals surface area contributed by atoms with Gasteiger partial charge in [0.1, 0.15) is 5.82 Å². The fourth-order valence-corrected chi connectivity index (χ4v) is 0.951. The Labute approximate surface area is 89.4 Å². The molecule has 1 aromatic rings. The quantitative estimate of drug-likeness (QED) is 0.642. The first-order chi connectivity index (χ1) is 6.45. The summed E-state index contributed by atoms with van der Waals surface area (Å²) in [5.41, 5.74) is -1.15. The Balaban J connectivity index is 0.00000196. The highest BCUT2D eigenvalue weighted by molar-refractivity contribution is 5.85. The van der Waals surface area contributed by atoms with Crippen molar-refractivity contribution in [3.05, 3.63) is 35.1 Å². The lowest BCUT2D eigenvalue weighted by Gasteiger charge is -2.08. The van der Waals surface area contributed by atoms with Crippen molar-refractivity contribution >= 4 is 12.4 Å². The van der Waals surface area contributed by atoms with Gasteiger partial charge in [0.15, 0.2) is 0 Å². The van der Waals surface area contributed by atoms with E-state index in [1.807, 2.05) is 0 Å². The van der Waals surface area contributed by atoms with Gasteiger partial charge in [0.25, 0.3) is 0 Å². The summed E-state index contributed by atoms with van der Waals surface area (Å²) in [6, 6.07) is 2.06. The van der Waals surface area contributed by atoms with Crippen LogP contribution in [0.3, 0.4) is 0 Å². The topological polar surface area (TPSA) is 35.2 Å². The Morgan fingerprint density at radius 2 is 1.87 bits per heavy atom. The number of rotatable bonds is 2. The molecule has 0 fully saturated rings. The molecule has 0 saturated heterocycles. The predicted octanol–water partition coefficient (Wildman–Crippen LogP) is 2.66. The maximum atomic E-state index is 12.8. The first-order valence-electron chi connectivity index (χ1n) is 3.62. The van der Waals surface area contributed by atoms with Crippen LogP contribution >= 0.6 is 12.4 Å². The van der Waals surface area contributed by atoms with Crippen LogP contribution in [-0.4, -0.2) is 0 Å². The second-order valence-corrected chi connectivity index (χ2v) is 2.61. The molecule has 0 aromatic heterocycles. The summed E-state index contributed by atoms with van der Waals surface area (Å²) in [6.07, 6.45) is -4.49. The molecule has 1 rings (SSSR count). The van der Waals surface area contributed by atoms with Gasteiger partial charge in [-0.05, 0) is 18.2 Å². The van der Waals surface area contributed by atoms with Gasteiger partial charge in [-0.2, -0.15) is 13.2 Å². The van der Waals surface area contributed by atoms with Gasteiger partial charge in [-0.1, -0.05) is 0 Å². The average Bonchev–Trinajstić information content (AvgIpc) is 2.07. The second kappa shape index (κ2) is 5.29. The minimum absolute atomic E-state index is 0. The zero-order valence-electron chi connectivity index (χ0n) is 7.34. The predicted molar refractivity (Wildman–Crippen MR) is 47.6 cm³/mol. The molecule has 0 atom stereocenters. The standard InChI is InChI=1S/C8H7F4NO.ClH/c9-7-2-1-6(8(10,11)12)3-5(7)4-14-13;/h1-3H,4,13H2;1H. The number of alkyl halides is 3. The third kappa shape index (κ3) is 3.65. The summed E-state index contributed by atoms with van der Waals surface area (Å²) in [7, 11) is 0. The summed E-state index contributed by atoms with van der Waals surface area (Å²) < 4.78 is 49.3. The molecule has 7 heteroatoms. The van der Waals surface area contributed by atoms with Crippen molar-refractivity contribution in [2.45, 2.75) is 12.8 Å². The monoisotopic (exact) mass is 245 g/mol. The maximum absolute atomic E-state index is 12.8. The van der Waals surface area contributed by atoms with Crippen LogP contribution in [0.5, 0.6) is 0 Å². The molecule has 0 radical (unpaired) electrons. The molecule has 86 valence electrons. The first kappa shape index (κ1) is 14.2. The van der Waals surface area contributed by atoms with Gasteiger partial charge >= 0.3 is 6.18 Å². The molecule has 0 unspecified atom stereocenters. The van der Waals surface area contributed by atoms with E-state index in [4.69, 9.17) is 0 Å². The largest absolute Gasteiger partial charge is 0.416 e. The summed E-state index contributed by atoms with van der Waals surface area (Å²) in [4.78, 5) is 4.07. The van der Waals surface area contributed by atoms with Gasteiger partial charge in [-0.3, -0.25) is 4.84 Å². The number of hydrogen-bond donors (Lipinski definition) is 1. The van der Waals surface area contributed by atoms with E-state index in [1.165, 1.54) is 0 Å². The molecule has 0 saturated carbocycles. The third-order valence-corrected chi connectivity index (χ3v) is 1.61. The van der Waals surface area contributed by atoms with Gasteiger partial charge in [0.2, 0.25) is 0 Å². The van der Waals surface area contributed by atoms with Crippen LogP contribution < -0.4 is 5.90 Å². The SMILES string of the molecule is Cl.NOCc1cc(C(F)(F)F)ccc1F. The average molecular weight is 246 g/mol. The minimum atomic E-state index is -4.49. The van der Waals surface area contributed by atoms with E-state index in [9.17, 15) is 17.6 Å². The summed E-state index contributed by atoms with van der Waals surface area (Å²) in [5, 5.41) is 0. The molecule has 2 nitrogen and oxygen atoms in total. The number of hydrogen-bond acceptors (Lipinski definition) is 2. The number of benzene rings is 1. The van der Waals surface area contributed by atoms with Crippen LogP contribution in [0.1, 0.15) is 11.1 Å². The third-order valence-electron chi connectivity index (χ3n) is 1.61. The van der Waals surface area contributed by atoms with Gasteiger partial charge in [-0.15, -0.1) is 12.4 Å². The Bertz CT molecular complexity index is 329. The molecule has 0 aliphatic carbocycles. The van der Waals surface area contributed by atoms with E-state index in [2.05, 4.69) is 10.7 Å². The van der Waals surface area contributed by atoms with Crippen molar-refractivity contribution in [1.82, 2.24) is 0 Å². The lowest BCUT2D eigenvalue weighted by molar-refractivity contribution is -0.137. The van der Waals surface area contributed by atoms with Gasteiger partial charge < -0.3 is 0 Å². The van der Waals surface area contributed by atoms with E-state index in [0.29, 0.717) is 12.1 Å². The smallest absolute Gasteiger partial charge is 0.300 e. The summed E-state index contributed by atoms with van der Waals surface area (Å²) in [6.45, 7) is -0.393. The zero-order valence-corrected chi connectivity index (χ0v) is 8.16. The van der Waals surface area contributed by atoms with Crippen molar-refractivity contribution in [3.63, 3.8) is 0 Å². The van der Waals surface area contributed by atoms with Crippen molar-refractivity contribution in [2.75, 3.05) is 0 Å². The Morgan fingerprint density at radius 1 is 1.27 bits per heavy atom. The molecule has 15 heavy (non-hydrogen) atoms. The lowest BCUT2D eigenvalue weighted by Crippen LogP contribution is -2.08. The fourth-order valence-electron chi connectivity index (χ4n) is 0.951. The Hall–Kier alpha value is -0.850. The molecule has 0 amide bonds. The van der Waals surface area contributed by atoms with Crippen LogP contribution in [0.25, 0.3) is 0 Å². The summed E-state index contributed by atoms with van der Waals surface area (Å²) >= 11 is 0. The molecule has 2 N–H and O–H groups in total. The van der Waals surface area contributed by atoms with Crippen molar-refractivity contribution in [1.29, 1.82) is 0 Å². The van der Waals surface area contributed by atoms with E-state index < -0.39 is 24.2 Å². The van der Waals surface area contributed by atoms with Crippen LogP contribution in [-0.2, 0) is 17.6 Å². The highest BCUT2D eigenvalue weighted by Gasteiger charge is 2.30. The molecule has 0 bridgehead atoms. The van der Waals surface area contributed by atoms with Crippen LogP contribution in [0.4, 0.5) is 17.6 Å². The number of nitrogens with two attached hydrogens (primary N) is 1. The lowest BCUT2D eigenvalue weighted by atomic mass is 10.1. The minimum Gasteiger partial charge on any atom is -0.300 e. The molecule has 0 spiro atoms. The highest BCUT2D eigenvalue weighted by atomic mass is 35.5. The van der Waals surface area contributed by atoms with Crippen LogP contribution in [0, 0.1) is 5.82 Å². The highest BCUT2D eigenvalue weighted by Crippen LogP contribution is 2.30. The molecule has 0 aliphatic rings. The van der Waals surface area contributed by atoms with Gasteiger partial charge in [0, 0.05) is 5.56 Å². The van der Waals surface area contributed by atoms with E-state index >= 15 is 0 Å². The van der Waals surface area contributed by atoms with Gasteiger partial charge in [0.05, 0.1) is 12.2 Å². The van der Waals surface area contributed by atoms with E-state index in [0.717, 1.165) is 6.07 Å². The molecular formula is C8H8ClF4NO. The molecule has 0 aliphatic heterocycles. The van der Waals surface area contributed by atoms with Gasteiger partial charge in [-0.25, -0.2) is 10.3 Å². The Morgan fingerprint density at radius 3 is 2.33 bits per heavy atom. The molecule has 1 aromatic carbocycles. The first-order valence-corrected chi connectivity index (χ1v) is 3.62. The van der Waals surface area contributed by atoms with Crippen LogP contribution in [0.15, 0.2) is 18.2 Å². The second-order valence-electron chi connectivity index (χ2n) is 2.61.